The van der Waals surface area contributed by atoms with E-state index < -0.39 is 0 Å². The summed E-state index contributed by atoms with van der Waals surface area (Å²) in [5, 5.41) is 21.8. The highest BCUT2D eigenvalue weighted by Gasteiger charge is 2.39. The van der Waals surface area contributed by atoms with Crippen molar-refractivity contribution in [2.75, 3.05) is 26.3 Å². The highest BCUT2D eigenvalue weighted by atomic mass is 16.3. The zero-order chi connectivity index (χ0) is 14.5. The average Bonchev–Trinajstić information content (AvgIpc) is 2.25. The molecule has 0 aromatic rings. The lowest BCUT2D eigenvalue weighted by Gasteiger charge is -2.49. The van der Waals surface area contributed by atoms with Gasteiger partial charge in [0.2, 0.25) is 0 Å². The Kier molecular flexibility index (Phi) is 6.24. The van der Waals surface area contributed by atoms with E-state index in [1.165, 1.54) is 0 Å². The van der Waals surface area contributed by atoms with Crippen molar-refractivity contribution in [1.82, 2.24) is 10.2 Å². The third-order valence-corrected chi connectivity index (χ3v) is 3.89. The largest absolute Gasteiger partial charge is 0.396 e. The van der Waals surface area contributed by atoms with Crippen LogP contribution in [0, 0.1) is 0 Å². The first-order valence-electron chi connectivity index (χ1n) is 7.55. The number of aliphatic hydroxyl groups excluding tert-OH is 2. The van der Waals surface area contributed by atoms with E-state index in [1.54, 1.807) is 0 Å². The normalized spacial score (nSPS) is 22.9. The van der Waals surface area contributed by atoms with Crippen LogP contribution in [0.3, 0.4) is 0 Å². The lowest BCUT2D eigenvalue weighted by atomic mass is 9.79. The van der Waals surface area contributed by atoms with Gasteiger partial charge in [0.05, 0.1) is 0 Å². The maximum absolute atomic E-state index is 9.06. The highest BCUT2D eigenvalue weighted by Crippen LogP contribution is 2.31. The van der Waals surface area contributed by atoms with E-state index in [-0.39, 0.29) is 24.3 Å². The van der Waals surface area contributed by atoms with Gasteiger partial charge < -0.3 is 20.4 Å². The molecule has 0 unspecified atom stereocenters. The summed E-state index contributed by atoms with van der Waals surface area (Å²) in [5.41, 5.74) is 0.284. The van der Waals surface area contributed by atoms with Gasteiger partial charge in [-0.25, -0.2) is 0 Å². The van der Waals surface area contributed by atoms with Crippen molar-refractivity contribution in [3.8, 4) is 0 Å². The molecule has 1 saturated heterocycles. The van der Waals surface area contributed by atoms with Gasteiger partial charge in [0, 0.05) is 43.4 Å². The van der Waals surface area contributed by atoms with Gasteiger partial charge in [-0.1, -0.05) is 0 Å². The summed E-state index contributed by atoms with van der Waals surface area (Å²) in [6.45, 7) is 11.4. The number of nitrogens with one attached hydrogen (secondary N) is 1. The molecule has 1 fully saturated rings. The van der Waals surface area contributed by atoms with Crippen LogP contribution in [0.15, 0.2) is 0 Å². The lowest BCUT2D eigenvalue weighted by Crippen LogP contribution is -2.62. The second-order valence-electron chi connectivity index (χ2n) is 7.15. The van der Waals surface area contributed by atoms with Crippen molar-refractivity contribution in [2.24, 2.45) is 0 Å². The van der Waals surface area contributed by atoms with E-state index in [9.17, 15) is 0 Å². The smallest absolute Gasteiger partial charge is 0.0443 e. The fourth-order valence-corrected chi connectivity index (χ4v) is 3.55. The predicted molar refractivity (Wildman–Crippen MR) is 79.3 cm³/mol. The first-order valence-corrected chi connectivity index (χ1v) is 7.55. The van der Waals surface area contributed by atoms with Crippen LogP contribution >= 0.6 is 0 Å². The fraction of sp³-hybridized carbons (Fsp3) is 1.00. The molecular formula is C15H32N2O2. The quantitative estimate of drug-likeness (QED) is 0.655. The van der Waals surface area contributed by atoms with Crippen LogP contribution in [0.25, 0.3) is 0 Å². The van der Waals surface area contributed by atoms with Crippen LogP contribution in [0.1, 0.15) is 53.4 Å². The van der Waals surface area contributed by atoms with Gasteiger partial charge in [-0.05, 0) is 53.4 Å². The van der Waals surface area contributed by atoms with E-state index in [4.69, 9.17) is 10.2 Å². The van der Waals surface area contributed by atoms with Crippen molar-refractivity contribution in [2.45, 2.75) is 70.5 Å². The Labute approximate surface area is 118 Å². The van der Waals surface area contributed by atoms with Crippen molar-refractivity contribution < 1.29 is 10.2 Å². The van der Waals surface area contributed by atoms with Crippen LogP contribution in [-0.2, 0) is 0 Å². The van der Waals surface area contributed by atoms with Crippen molar-refractivity contribution >= 4 is 0 Å². The number of hydrogen-bond donors (Lipinski definition) is 3. The summed E-state index contributed by atoms with van der Waals surface area (Å²) < 4.78 is 0. The molecule has 0 radical (unpaired) electrons. The number of piperidine rings is 1. The monoisotopic (exact) mass is 272 g/mol. The van der Waals surface area contributed by atoms with E-state index in [1.807, 2.05) is 0 Å². The SMILES string of the molecule is CC1(C)CC(N(CCCO)CCCO)CC(C)(C)N1. The number of nitrogens with zero attached hydrogens (tertiary/aromatic N) is 1. The lowest BCUT2D eigenvalue weighted by molar-refractivity contribution is 0.0583. The van der Waals surface area contributed by atoms with Crippen molar-refractivity contribution in [3.05, 3.63) is 0 Å². The van der Waals surface area contributed by atoms with Gasteiger partial charge in [0.15, 0.2) is 0 Å². The minimum absolute atomic E-state index is 0.142. The van der Waals surface area contributed by atoms with Gasteiger partial charge in [0.1, 0.15) is 0 Å². The van der Waals surface area contributed by atoms with Crippen LogP contribution in [0.4, 0.5) is 0 Å². The number of aliphatic hydroxyl groups is 2. The molecule has 1 heterocycles. The highest BCUT2D eigenvalue weighted by molar-refractivity contribution is 5.00. The molecule has 4 heteroatoms. The Morgan fingerprint density at radius 1 is 0.947 bits per heavy atom. The van der Waals surface area contributed by atoms with Crippen molar-refractivity contribution in [1.29, 1.82) is 0 Å². The standard InChI is InChI=1S/C15H32N2O2/c1-14(2)11-13(12-15(3,4)16-14)17(7-5-9-18)8-6-10-19/h13,16,18-19H,5-12H2,1-4H3. The predicted octanol–water partition coefficient (Wildman–Crippen LogP) is 1.36. The van der Waals surface area contributed by atoms with Gasteiger partial charge in [0.25, 0.3) is 0 Å². The van der Waals surface area contributed by atoms with E-state index >= 15 is 0 Å². The molecule has 3 N–H and O–H groups in total. The first-order chi connectivity index (χ1) is 8.79. The van der Waals surface area contributed by atoms with Crippen LogP contribution in [0.2, 0.25) is 0 Å². The van der Waals surface area contributed by atoms with Gasteiger partial charge in [-0.2, -0.15) is 0 Å². The summed E-state index contributed by atoms with van der Waals surface area (Å²) in [7, 11) is 0. The molecule has 0 bridgehead atoms. The molecule has 4 nitrogen and oxygen atoms in total. The molecule has 0 amide bonds. The molecule has 0 aromatic heterocycles. The van der Waals surface area contributed by atoms with E-state index in [0.717, 1.165) is 38.8 Å². The fourth-order valence-electron chi connectivity index (χ4n) is 3.55. The Hall–Kier alpha value is -0.160. The molecule has 19 heavy (non-hydrogen) atoms. The molecule has 1 aliphatic rings. The summed E-state index contributed by atoms with van der Waals surface area (Å²) >= 11 is 0. The Bertz CT molecular complexity index is 243. The Morgan fingerprint density at radius 2 is 1.37 bits per heavy atom. The maximum Gasteiger partial charge on any atom is 0.0443 e. The number of rotatable bonds is 7. The first kappa shape index (κ1) is 16.9. The molecule has 0 aliphatic carbocycles. The molecular weight excluding hydrogens is 240 g/mol. The van der Waals surface area contributed by atoms with E-state index in [2.05, 4.69) is 37.9 Å². The topological polar surface area (TPSA) is 55.7 Å². The molecule has 0 atom stereocenters. The average molecular weight is 272 g/mol. The Morgan fingerprint density at radius 3 is 1.74 bits per heavy atom. The summed E-state index contributed by atoms with van der Waals surface area (Å²) in [6.07, 6.45) is 3.87. The third-order valence-electron chi connectivity index (χ3n) is 3.89. The second-order valence-corrected chi connectivity index (χ2v) is 7.15. The van der Waals surface area contributed by atoms with Gasteiger partial charge in [-0.3, -0.25) is 0 Å². The van der Waals surface area contributed by atoms with Crippen LogP contribution in [-0.4, -0.2) is 58.5 Å². The molecule has 1 aliphatic heterocycles. The minimum Gasteiger partial charge on any atom is -0.396 e. The molecule has 0 spiro atoms. The van der Waals surface area contributed by atoms with Crippen LogP contribution in [0.5, 0.6) is 0 Å². The van der Waals surface area contributed by atoms with Crippen LogP contribution < -0.4 is 5.32 Å². The van der Waals surface area contributed by atoms with E-state index in [0.29, 0.717) is 6.04 Å². The molecule has 1 rings (SSSR count). The zero-order valence-corrected chi connectivity index (χ0v) is 13.1. The maximum atomic E-state index is 9.06. The summed E-state index contributed by atoms with van der Waals surface area (Å²) in [6, 6.07) is 0.532. The zero-order valence-electron chi connectivity index (χ0n) is 13.1. The molecule has 0 aromatic carbocycles. The molecule has 0 saturated carbocycles. The van der Waals surface area contributed by atoms with Gasteiger partial charge >= 0.3 is 0 Å². The molecule has 114 valence electrons. The van der Waals surface area contributed by atoms with Crippen molar-refractivity contribution in [3.63, 3.8) is 0 Å². The summed E-state index contributed by atoms with van der Waals surface area (Å²) in [5.74, 6) is 0. The Balaban J connectivity index is 2.69. The number of hydrogen-bond acceptors (Lipinski definition) is 4. The minimum atomic E-state index is 0.142. The second kappa shape index (κ2) is 7.02. The third kappa shape index (κ3) is 5.78. The van der Waals surface area contributed by atoms with Gasteiger partial charge in [-0.15, -0.1) is 0 Å². The summed E-state index contributed by atoms with van der Waals surface area (Å²) in [4.78, 5) is 2.46.